The number of carbonyl (C=O) groups excluding carboxylic acids is 2. The van der Waals surface area contributed by atoms with Gasteiger partial charge in [0.25, 0.3) is 5.91 Å². The molecule has 0 unspecified atom stereocenters. The van der Waals surface area contributed by atoms with E-state index < -0.39 is 5.82 Å². The molecule has 3 fully saturated rings. The predicted octanol–water partition coefficient (Wildman–Crippen LogP) is 2.39. The number of hydrogen-bond acceptors (Lipinski definition) is 6. The lowest BCUT2D eigenvalue weighted by Crippen LogP contribution is -2.52. The summed E-state index contributed by atoms with van der Waals surface area (Å²) in [5.41, 5.74) is 6.53. The van der Waals surface area contributed by atoms with Crippen molar-refractivity contribution in [1.29, 1.82) is 0 Å². The standard InChI is InChI=1S/C24H31FN6O3/c1-34-21-10-17(18(25)13-27-21)19-11-20(30-29-19)23(33)31-9-6-14(12-24(31)7-8-24)22(32)28-16-4-2-15(26)3-5-16/h10-11,13-16H,2-9,12,26H2,1H3,(H,28,32)(H,29,30)/t14-,15?,16?/m0/s1. The summed E-state index contributed by atoms with van der Waals surface area (Å²) in [5, 5.41) is 10.1. The van der Waals surface area contributed by atoms with Crippen molar-refractivity contribution < 1.29 is 18.7 Å². The van der Waals surface area contributed by atoms with E-state index in [9.17, 15) is 14.0 Å². The molecule has 5 rings (SSSR count). The van der Waals surface area contributed by atoms with E-state index in [1.807, 2.05) is 4.90 Å². The summed E-state index contributed by atoms with van der Waals surface area (Å²) in [7, 11) is 1.45. The zero-order valence-corrected chi connectivity index (χ0v) is 19.3. The predicted molar refractivity (Wildman–Crippen MR) is 122 cm³/mol. The number of amides is 2. The number of carbonyl (C=O) groups is 2. The Labute approximate surface area is 197 Å². The number of methoxy groups -OCH3 is 1. The molecule has 2 aromatic rings. The Morgan fingerprint density at radius 2 is 2.00 bits per heavy atom. The number of aromatic nitrogens is 3. The first-order valence-electron chi connectivity index (χ1n) is 12.0. The van der Waals surface area contributed by atoms with Crippen LogP contribution < -0.4 is 15.8 Å². The molecule has 0 aromatic carbocycles. The van der Waals surface area contributed by atoms with Gasteiger partial charge in [0.05, 0.1) is 19.0 Å². The van der Waals surface area contributed by atoms with Gasteiger partial charge in [0.15, 0.2) is 5.82 Å². The Kier molecular flexibility index (Phi) is 6.01. The van der Waals surface area contributed by atoms with Crippen LogP contribution in [-0.4, -0.2) is 63.2 Å². The third kappa shape index (κ3) is 4.38. The zero-order valence-electron chi connectivity index (χ0n) is 19.3. The molecule has 34 heavy (non-hydrogen) atoms. The number of halogens is 1. The number of nitrogens with zero attached hydrogens (tertiary/aromatic N) is 3. The number of pyridine rings is 1. The van der Waals surface area contributed by atoms with Crippen LogP contribution in [0.15, 0.2) is 18.3 Å². The number of piperidine rings is 1. The lowest BCUT2D eigenvalue weighted by Gasteiger charge is -2.40. The normalized spacial score (nSPS) is 25.7. The highest BCUT2D eigenvalue weighted by molar-refractivity contribution is 5.94. The van der Waals surface area contributed by atoms with Crippen LogP contribution in [0.5, 0.6) is 5.88 Å². The summed E-state index contributed by atoms with van der Waals surface area (Å²) in [5.74, 6) is -0.433. The molecule has 2 saturated carbocycles. The van der Waals surface area contributed by atoms with Gasteiger partial charge < -0.3 is 20.7 Å². The SMILES string of the molecule is COc1cc(-c2cc(C(=O)N3CC[C@H](C(=O)NC4CCC(N)CC4)CC34CC4)[nH]n2)c(F)cn1. The molecule has 0 radical (unpaired) electrons. The Balaban J connectivity index is 1.25. The van der Waals surface area contributed by atoms with E-state index >= 15 is 0 Å². The molecule has 1 saturated heterocycles. The molecular weight excluding hydrogens is 439 g/mol. The number of aromatic amines is 1. The number of rotatable bonds is 5. The fourth-order valence-corrected chi connectivity index (χ4v) is 5.38. The lowest BCUT2D eigenvalue weighted by molar-refractivity contribution is -0.128. The molecule has 3 aliphatic rings. The lowest BCUT2D eigenvalue weighted by atomic mass is 9.86. The molecule has 2 amide bonds. The van der Waals surface area contributed by atoms with Crippen LogP contribution in [-0.2, 0) is 4.79 Å². The summed E-state index contributed by atoms with van der Waals surface area (Å²) in [4.78, 5) is 32.0. The molecular formula is C24H31FN6O3. The second-order valence-corrected chi connectivity index (χ2v) is 9.86. The Bertz CT molecular complexity index is 1080. The van der Waals surface area contributed by atoms with E-state index in [0.29, 0.717) is 30.8 Å². The molecule has 3 heterocycles. The highest BCUT2D eigenvalue weighted by Gasteiger charge is 2.54. The summed E-state index contributed by atoms with van der Waals surface area (Å²) in [6.07, 6.45) is 7.91. The minimum atomic E-state index is -0.545. The van der Waals surface area contributed by atoms with E-state index in [1.54, 1.807) is 6.07 Å². The summed E-state index contributed by atoms with van der Waals surface area (Å²) in [6, 6.07) is 3.46. The van der Waals surface area contributed by atoms with Crippen molar-refractivity contribution in [2.45, 2.75) is 69.0 Å². The number of nitrogens with two attached hydrogens (primary N) is 1. The van der Waals surface area contributed by atoms with Crippen LogP contribution in [0.1, 0.15) is 61.9 Å². The van der Waals surface area contributed by atoms with Crippen molar-refractivity contribution in [2.24, 2.45) is 11.7 Å². The second-order valence-electron chi connectivity index (χ2n) is 9.86. The topological polar surface area (TPSA) is 126 Å². The van der Waals surface area contributed by atoms with Crippen LogP contribution in [0.3, 0.4) is 0 Å². The quantitative estimate of drug-likeness (QED) is 0.616. The van der Waals surface area contributed by atoms with Gasteiger partial charge in [-0.15, -0.1) is 0 Å². The molecule has 4 N–H and O–H groups in total. The molecule has 1 spiro atoms. The van der Waals surface area contributed by atoms with Crippen LogP contribution in [0.2, 0.25) is 0 Å². The van der Waals surface area contributed by atoms with Gasteiger partial charge in [-0.3, -0.25) is 14.7 Å². The van der Waals surface area contributed by atoms with Crippen molar-refractivity contribution in [2.75, 3.05) is 13.7 Å². The van der Waals surface area contributed by atoms with Crippen LogP contribution in [0, 0.1) is 11.7 Å². The average Bonchev–Trinajstić information content (AvgIpc) is 3.41. The number of nitrogens with one attached hydrogen (secondary N) is 2. The van der Waals surface area contributed by atoms with Gasteiger partial charge >= 0.3 is 0 Å². The smallest absolute Gasteiger partial charge is 0.272 e. The van der Waals surface area contributed by atoms with Crippen LogP contribution in [0.4, 0.5) is 4.39 Å². The van der Waals surface area contributed by atoms with Crippen molar-refractivity contribution in [3.8, 4) is 17.1 Å². The minimum Gasteiger partial charge on any atom is -0.481 e. The third-order valence-corrected chi connectivity index (χ3v) is 7.59. The number of ether oxygens (including phenoxy) is 1. The molecule has 182 valence electrons. The Morgan fingerprint density at radius 1 is 1.24 bits per heavy atom. The average molecular weight is 471 g/mol. The van der Waals surface area contributed by atoms with Gasteiger partial charge in [0, 0.05) is 41.7 Å². The highest BCUT2D eigenvalue weighted by Crippen LogP contribution is 2.50. The second kappa shape index (κ2) is 8.98. The number of H-pyrrole nitrogens is 1. The Morgan fingerprint density at radius 3 is 2.71 bits per heavy atom. The third-order valence-electron chi connectivity index (χ3n) is 7.59. The molecule has 10 heteroatoms. The molecule has 9 nitrogen and oxygen atoms in total. The van der Waals surface area contributed by atoms with E-state index in [2.05, 4.69) is 20.5 Å². The highest BCUT2D eigenvalue weighted by atomic mass is 19.1. The van der Waals surface area contributed by atoms with Gasteiger partial charge in [-0.1, -0.05) is 0 Å². The molecule has 1 aliphatic heterocycles. The van der Waals surface area contributed by atoms with Gasteiger partial charge in [-0.05, 0) is 57.4 Å². The van der Waals surface area contributed by atoms with E-state index in [1.165, 1.54) is 13.2 Å². The maximum absolute atomic E-state index is 14.3. The van der Waals surface area contributed by atoms with E-state index in [4.69, 9.17) is 10.5 Å². The van der Waals surface area contributed by atoms with Crippen molar-refractivity contribution in [3.05, 3.63) is 29.8 Å². The van der Waals surface area contributed by atoms with Gasteiger partial charge in [0.1, 0.15) is 5.69 Å². The molecule has 0 bridgehead atoms. The summed E-state index contributed by atoms with van der Waals surface area (Å²) >= 11 is 0. The van der Waals surface area contributed by atoms with E-state index in [-0.39, 0.29) is 46.8 Å². The first kappa shape index (κ1) is 22.8. The fraction of sp³-hybridized carbons (Fsp3) is 0.583. The minimum absolute atomic E-state index is 0.0853. The molecule has 2 aliphatic carbocycles. The van der Waals surface area contributed by atoms with Crippen LogP contribution in [0.25, 0.3) is 11.3 Å². The Hall–Kier alpha value is -3.01. The first-order valence-corrected chi connectivity index (χ1v) is 12.0. The summed E-state index contributed by atoms with van der Waals surface area (Å²) in [6.45, 7) is 0.512. The van der Waals surface area contributed by atoms with Crippen molar-refractivity contribution in [3.63, 3.8) is 0 Å². The van der Waals surface area contributed by atoms with Crippen molar-refractivity contribution >= 4 is 11.8 Å². The number of likely N-dealkylation sites (tertiary alicyclic amines) is 1. The first-order chi connectivity index (χ1) is 16.4. The zero-order chi connectivity index (χ0) is 23.9. The largest absolute Gasteiger partial charge is 0.481 e. The van der Waals surface area contributed by atoms with Gasteiger partial charge in [-0.25, -0.2) is 9.37 Å². The fourth-order valence-electron chi connectivity index (χ4n) is 5.38. The van der Waals surface area contributed by atoms with E-state index in [0.717, 1.165) is 44.7 Å². The van der Waals surface area contributed by atoms with Gasteiger partial charge in [0.2, 0.25) is 11.8 Å². The summed E-state index contributed by atoms with van der Waals surface area (Å²) < 4.78 is 19.4. The van der Waals surface area contributed by atoms with Crippen molar-refractivity contribution in [1.82, 2.24) is 25.4 Å². The van der Waals surface area contributed by atoms with Gasteiger partial charge in [-0.2, -0.15) is 5.10 Å². The van der Waals surface area contributed by atoms with Crippen LogP contribution >= 0.6 is 0 Å². The molecule has 2 aromatic heterocycles. The molecule has 1 atom stereocenters. The monoisotopic (exact) mass is 470 g/mol. The maximum atomic E-state index is 14.3. The maximum Gasteiger partial charge on any atom is 0.272 e. The number of hydrogen-bond donors (Lipinski definition) is 3.